The lowest BCUT2D eigenvalue weighted by molar-refractivity contribution is -0.138. The average molecular weight is 367 g/mol. The third-order valence-corrected chi connectivity index (χ3v) is 4.40. The SMILES string of the molecule is Cc1ccc(C(=O)c2ccccc2C(=O)OCC(=O)N2CCOCC2)cc1. The second kappa shape index (κ2) is 8.60. The van der Waals surface area contributed by atoms with Gasteiger partial charge >= 0.3 is 5.97 Å². The largest absolute Gasteiger partial charge is 0.452 e. The van der Waals surface area contributed by atoms with E-state index in [9.17, 15) is 14.4 Å². The van der Waals surface area contributed by atoms with Crippen molar-refractivity contribution >= 4 is 17.7 Å². The molecule has 0 unspecified atom stereocenters. The van der Waals surface area contributed by atoms with Crippen LogP contribution in [0.25, 0.3) is 0 Å². The summed E-state index contributed by atoms with van der Waals surface area (Å²) >= 11 is 0. The molecular formula is C21H21NO5. The molecule has 3 rings (SSSR count). The molecular weight excluding hydrogens is 346 g/mol. The van der Waals surface area contributed by atoms with E-state index in [0.717, 1.165) is 5.56 Å². The molecule has 0 aliphatic carbocycles. The van der Waals surface area contributed by atoms with Crippen LogP contribution in [0.5, 0.6) is 0 Å². The quantitative estimate of drug-likeness (QED) is 0.599. The summed E-state index contributed by atoms with van der Waals surface area (Å²) < 4.78 is 10.4. The van der Waals surface area contributed by atoms with Crippen LogP contribution in [0, 0.1) is 6.92 Å². The predicted molar refractivity (Wildman–Crippen MR) is 98.7 cm³/mol. The van der Waals surface area contributed by atoms with E-state index in [2.05, 4.69) is 0 Å². The van der Waals surface area contributed by atoms with E-state index in [-0.39, 0.29) is 29.4 Å². The molecule has 0 spiro atoms. The number of rotatable bonds is 5. The molecule has 1 amide bonds. The molecule has 1 aliphatic rings. The van der Waals surface area contributed by atoms with Gasteiger partial charge in [-0.15, -0.1) is 0 Å². The van der Waals surface area contributed by atoms with E-state index >= 15 is 0 Å². The minimum absolute atomic E-state index is 0.151. The molecule has 27 heavy (non-hydrogen) atoms. The van der Waals surface area contributed by atoms with Crippen molar-refractivity contribution in [2.45, 2.75) is 6.92 Å². The number of ketones is 1. The number of carbonyl (C=O) groups excluding carboxylic acids is 3. The van der Waals surface area contributed by atoms with Crippen molar-refractivity contribution in [2.24, 2.45) is 0 Å². The summed E-state index contributed by atoms with van der Waals surface area (Å²) in [5.74, 6) is -1.22. The van der Waals surface area contributed by atoms with Gasteiger partial charge in [-0.05, 0) is 13.0 Å². The van der Waals surface area contributed by atoms with Crippen LogP contribution in [-0.4, -0.2) is 55.5 Å². The minimum atomic E-state index is -0.687. The Labute approximate surface area is 157 Å². The fourth-order valence-corrected chi connectivity index (χ4v) is 2.83. The van der Waals surface area contributed by atoms with E-state index < -0.39 is 5.97 Å². The molecule has 1 aliphatic heterocycles. The summed E-state index contributed by atoms with van der Waals surface area (Å²) in [4.78, 5) is 39.0. The van der Waals surface area contributed by atoms with Gasteiger partial charge in [0.2, 0.25) is 0 Å². The van der Waals surface area contributed by atoms with Crippen LogP contribution >= 0.6 is 0 Å². The van der Waals surface area contributed by atoms with Crippen LogP contribution in [0.1, 0.15) is 31.8 Å². The van der Waals surface area contributed by atoms with Crippen molar-refractivity contribution in [3.05, 3.63) is 70.8 Å². The van der Waals surface area contributed by atoms with Gasteiger partial charge in [0.15, 0.2) is 12.4 Å². The Balaban J connectivity index is 1.71. The first-order valence-electron chi connectivity index (χ1n) is 8.79. The van der Waals surface area contributed by atoms with Crippen molar-refractivity contribution in [2.75, 3.05) is 32.9 Å². The minimum Gasteiger partial charge on any atom is -0.452 e. The van der Waals surface area contributed by atoms with Gasteiger partial charge < -0.3 is 14.4 Å². The van der Waals surface area contributed by atoms with E-state index in [4.69, 9.17) is 9.47 Å². The van der Waals surface area contributed by atoms with Gasteiger partial charge in [0.1, 0.15) is 0 Å². The molecule has 6 heteroatoms. The smallest absolute Gasteiger partial charge is 0.339 e. The summed E-state index contributed by atoms with van der Waals surface area (Å²) in [7, 11) is 0. The van der Waals surface area contributed by atoms with Crippen LogP contribution in [0.3, 0.4) is 0 Å². The highest BCUT2D eigenvalue weighted by Crippen LogP contribution is 2.16. The highest BCUT2D eigenvalue weighted by molar-refractivity contribution is 6.14. The predicted octanol–water partition coefficient (Wildman–Crippen LogP) is 2.24. The molecule has 6 nitrogen and oxygen atoms in total. The summed E-state index contributed by atoms with van der Waals surface area (Å²) in [6, 6.07) is 13.6. The average Bonchev–Trinajstić information content (AvgIpc) is 2.72. The molecule has 2 aromatic rings. The summed E-state index contributed by atoms with van der Waals surface area (Å²) in [5, 5.41) is 0. The highest BCUT2D eigenvalue weighted by atomic mass is 16.5. The zero-order chi connectivity index (χ0) is 19.2. The van der Waals surface area contributed by atoms with Crippen LogP contribution in [0.15, 0.2) is 48.5 Å². The maximum absolute atomic E-state index is 12.8. The van der Waals surface area contributed by atoms with Gasteiger partial charge in [-0.25, -0.2) is 4.79 Å². The zero-order valence-electron chi connectivity index (χ0n) is 15.1. The molecule has 0 N–H and O–H groups in total. The Bertz CT molecular complexity index is 838. The van der Waals surface area contributed by atoms with E-state index in [1.165, 1.54) is 6.07 Å². The normalized spacial score (nSPS) is 13.9. The molecule has 1 fully saturated rings. The van der Waals surface area contributed by atoms with Gasteiger partial charge in [0.05, 0.1) is 18.8 Å². The molecule has 0 bridgehead atoms. The Morgan fingerprint density at radius 3 is 2.26 bits per heavy atom. The van der Waals surface area contributed by atoms with Crippen molar-refractivity contribution in [3.63, 3.8) is 0 Å². The Morgan fingerprint density at radius 1 is 0.963 bits per heavy atom. The Kier molecular flexibility index (Phi) is 5.98. The maximum atomic E-state index is 12.8. The van der Waals surface area contributed by atoms with Crippen molar-refractivity contribution in [3.8, 4) is 0 Å². The molecule has 0 saturated carbocycles. The van der Waals surface area contributed by atoms with Crippen LogP contribution in [0.2, 0.25) is 0 Å². The maximum Gasteiger partial charge on any atom is 0.339 e. The van der Waals surface area contributed by atoms with Crippen molar-refractivity contribution < 1.29 is 23.9 Å². The van der Waals surface area contributed by atoms with Crippen LogP contribution in [0.4, 0.5) is 0 Å². The van der Waals surface area contributed by atoms with Gasteiger partial charge in [-0.3, -0.25) is 9.59 Å². The summed E-state index contributed by atoms with van der Waals surface area (Å²) in [6.07, 6.45) is 0. The van der Waals surface area contributed by atoms with Gasteiger partial charge in [-0.2, -0.15) is 0 Å². The van der Waals surface area contributed by atoms with E-state index in [1.54, 1.807) is 35.2 Å². The number of esters is 1. The number of carbonyl (C=O) groups is 3. The lowest BCUT2D eigenvalue weighted by Crippen LogP contribution is -2.42. The molecule has 140 valence electrons. The van der Waals surface area contributed by atoms with Crippen LogP contribution < -0.4 is 0 Å². The second-order valence-corrected chi connectivity index (χ2v) is 6.31. The lowest BCUT2D eigenvalue weighted by Gasteiger charge is -2.26. The first kappa shape index (κ1) is 18.8. The van der Waals surface area contributed by atoms with Gasteiger partial charge in [0, 0.05) is 24.2 Å². The van der Waals surface area contributed by atoms with Crippen molar-refractivity contribution in [1.29, 1.82) is 0 Å². The van der Waals surface area contributed by atoms with Gasteiger partial charge in [0.25, 0.3) is 5.91 Å². The van der Waals surface area contributed by atoms with E-state index in [0.29, 0.717) is 31.9 Å². The van der Waals surface area contributed by atoms with Gasteiger partial charge in [-0.1, -0.05) is 48.0 Å². The zero-order valence-corrected chi connectivity index (χ0v) is 15.1. The monoisotopic (exact) mass is 367 g/mol. The Hall–Kier alpha value is -2.99. The fourth-order valence-electron chi connectivity index (χ4n) is 2.83. The van der Waals surface area contributed by atoms with Crippen molar-refractivity contribution in [1.82, 2.24) is 4.90 Å². The molecule has 1 heterocycles. The topological polar surface area (TPSA) is 72.9 Å². The Morgan fingerprint density at radius 2 is 1.59 bits per heavy atom. The fraction of sp³-hybridized carbons (Fsp3) is 0.286. The molecule has 1 saturated heterocycles. The highest BCUT2D eigenvalue weighted by Gasteiger charge is 2.22. The number of amides is 1. The number of benzene rings is 2. The third kappa shape index (κ3) is 4.60. The number of aryl methyl sites for hydroxylation is 1. The summed E-state index contributed by atoms with van der Waals surface area (Å²) in [6.45, 7) is 3.51. The molecule has 0 atom stereocenters. The third-order valence-electron chi connectivity index (χ3n) is 4.40. The first-order valence-corrected chi connectivity index (χ1v) is 8.79. The lowest BCUT2D eigenvalue weighted by atomic mass is 9.98. The number of ether oxygens (including phenoxy) is 2. The number of nitrogens with zero attached hydrogens (tertiary/aromatic N) is 1. The van der Waals surface area contributed by atoms with E-state index in [1.807, 2.05) is 19.1 Å². The standard InChI is InChI=1S/C21H21NO5/c1-15-6-8-16(9-7-15)20(24)17-4-2-3-5-18(17)21(25)27-14-19(23)22-10-12-26-13-11-22/h2-9H,10-14H2,1H3. The van der Waals surface area contributed by atoms with Crippen LogP contribution in [-0.2, 0) is 14.3 Å². The summed E-state index contributed by atoms with van der Waals surface area (Å²) in [5.41, 5.74) is 1.94. The number of hydrogen-bond acceptors (Lipinski definition) is 5. The first-order chi connectivity index (χ1) is 13.1. The molecule has 0 radical (unpaired) electrons. The molecule has 0 aromatic heterocycles. The number of hydrogen-bond donors (Lipinski definition) is 0. The molecule has 2 aromatic carbocycles. The number of morpholine rings is 1. The second-order valence-electron chi connectivity index (χ2n) is 6.31.